The third-order valence-corrected chi connectivity index (χ3v) is 6.11. The number of fused-ring (bicyclic) bond motifs is 1. The lowest BCUT2D eigenvalue weighted by Gasteiger charge is -2.20. The summed E-state index contributed by atoms with van der Waals surface area (Å²) in [5.41, 5.74) is 3.86. The smallest absolute Gasteiger partial charge is 0.231 e. The van der Waals surface area contributed by atoms with Gasteiger partial charge in [-0.25, -0.2) is 4.98 Å². The SMILES string of the molecule is Cc1cccc(N2CC(C(=O)Nc3nc4ccc(Cl)cc4s3)CC2=O)c1C. The first-order chi connectivity index (χ1) is 12.9. The number of thiazole rings is 1. The number of hydrogen-bond acceptors (Lipinski definition) is 4. The van der Waals surface area contributed by atoms with Gasteiger partial charge in [-0.05, 0) is 49.2 Å². The van der Waals surface area contributed by atoms with Gasteiger partial charge in [0.15, 0.2) is 5.13 Å². The van der Waals surface area contributed by atoms with Gasteiger partial charge in [0.1, 0.15) is 0 Å². The number of amides is 2. The van der Waals surface area contributed by atoms with Crippen LogP contribution >= 0.6 is 22.9 Å². The molecule has 1 aromatic heterocycles. The average Bonchev–Trinajstić information content (AvgIpc) is 3.20. The molecular formula is C20H18ClN3O2S. The van der Waals surface area contributed by atoms with E-state index in [0.29, 0.717) is 16.7 Å². The topological polar surface area (TPSA) is 62.3 Å². The highest BCUT2D eigenvalue weighted by Gasteiger charge is 2.36. The molecule has 0 spiro atoms. The Hall–Kier alpha value is -2.44. The number of aryl methyl sites for hydroxylation is 1. The van der Waals surface area contributed by atoms with Crippen LogP contribution in [0, 0.1) is 19.8 Å². The van der Waals surface area contributed by atoms with Gasteiger partial charge in [0, 0.05) is 23.7 Å². The number of carbonyl (C=O) groups is 2. The van der Waals surface area contributed by atoms with E-state index < -0.39 is 5.92 Å². The Balaban J connectivity index is 1.51. The number of benzene rings is 2. The number of nitrogens with one attached hydrogen (secondary N) is 1. The van der Waals surface area contributed by atoms with E-state index in [1.54, 1.807) is 11.0 Å². The highest BCUT2D eigenvalue weighted by atomic mass is 35.5. The van der Waals surface area contributed by atoms with E-state index in [9.17, 15) is 9.59 Å². The molecule has 138 valence electrons. The number of anilines is 2. The van der Waals surface area contributed by atoms with E-state index in [2.05, 4.69) is 10.3 Å². The molecule has 2 aromatic carbocycles. The lowest BCUT2D eigenvalue weighted by molar-refractivity contribution is -0.122. The summed E-state index contributed by atoms with van der Waals surface area (Å²) in [6, 6.07) is 11.3. The van der Waals surface area contributed by atoms with Crippen molar-refractivity contribution in [2.45, 2.75) is 20.3 Å². The Labute approximate surface area is 166 Å². The predicted octanol–water partition coefficient (Wildman–Crippen LogP) is 4.56. The molecule has 27 heavy (non-hydrogen) atoms. The van der Waals surface area contributed by atoms with E-state index in [0.717, 1.165) is 27.0 Å². The van der Waals surface area contributed by atoms with Crippen LogP contribution in [0.2, 0.25) is 5.02 Å². The molecule has 1 aliphatic heterocycles. The minimum absolute atomic E-state index is 0.0278. The van der Waals surface area contributed by atoms with Crippen molar-refractivity contribution in [2.24, 2.45) is 5.92 Å². The second-order valence-corrected chi connectivity index (χ2v) is 8.21. The maximum atomic E-state index is 12.7. The number of halogens is 1. The molecule has 0 saturated carbocycles. The van der Waals surface area contributed by atoms with Crippen molar-refractivity contribution >= 4 is 55.8 Å². The highest BCUT2D eigenvalue weighted by molar-refractivity contribution is 7.22. The minimum Gasteiger partial charge on any atom is -0.311 e. The normalized spacial score (nSPS) is 16.9. The van der Waals surface area contributed by atoms with Gasteiger partial charge in [0.2, 0.25) is 11.8 Å². The number of nitrogens with zero attached hydrogens (tertiary/aromatic N) is 2. The Kier molecular flexibility index (Phi) is 4.61. The van der Waals surface area contributed by atoms with Crippen LogP contribution in [-0.2, 0) is 9.59 Å². The largest absolute Gasteiger partial charge is 0.311 e. The van der Waals surface area contributed by atoms with E-state index in [4.69, 9.17) is 11.6 Å². The first kappa shape index (κ1) is 17.9. The van der Waals surface area contributed by atoms with Crippen LogP contribution in [0.25, 0.3) is 10.2 Å². The van der Waals surface area contributed by atoms with Crippen molar-refractivity contribution in [1.82, 2.24) is 4.98 Å². The van der Waals surface area contributed by atoms with Gasteiger partial charge in [0.05, 0.1) is 16.1 Å². The molecule has 5 nitrogen and oxygen atoms in total. The molecule has 2 heterocycles. The van der Waals surface area contributed by atoms with E-state index >= 15 is 0 Å². The third kappa shape index (κ3) is 3.42. The molecule has 1 unspecified atom stereocenters. The van der Waals surface area contributed by atoms with Crippen LogP contribution in [0.15, 0.2) is 36.4 Å². The molecule has 2 amide bonds. The zero-order valence-electron chi connectivity index (χ0n) is 15.0. The van der Waals surface area contributed by atoms with Crippen LogP contribution < -0.4 is 10.2 Å². The molecule has 0 radical (unpaired) electrons. The Morgan fingerprint density at radius 3 is 2.93 bits per heavy atom. The zero-order valence-corrected chi connectivity index (χ0v) is 16.5. The zero-order chi connectivity index (χ0) is 19.1. The summed E-state index contributed by atoms with van der Waals surface area (Å²) in [6.07, 6.45) is 0.204. The lowest BCUT2D eigenvalue weighted by atomic mass is 10.1. The third-order valence-electron chi connectivity index (χ3n) is 4.94. The summed E-state index contributed by atoms with van der Waals surface area (Å²) in [4.78, 5) is 31.3. The first-order valence-corrected chi connectivity index (χ1v) is 9.85. The van der Waals surface area contributed by atoms with Gasteiger partial charge in [0.25, 0.3) is 0 Å². The summed E-state index contributed by atoms with van der Waals surface area (Å²) in [7, 11) is 0. The van der Waals surface area contributed by atoms with Crippen LogP contribution in [0.4, 0.5) is 10.8 Å². The Morgan fingerprint density at radius 2 is 2.11 bits per heavy atom. The summed E-state index contributed by atoms with van der Waals surface area (Å²) < 4.78 is 0.914. The van der Waals surface area contributed by atoms with Gasteiger partial charge >= 0.3 is 0 Å². The van der Waals surface area contributed by atoms with E-state index in [-0.39, 0.29) is 18.2 Å². The van der Waals surface area contributed by atoms with Gasteiger partial charge in [-0.3, -0.25) is 9.59 Å². The standard InChI is InChI=1S/C20H18ClN3O2S/c1-11-4-3-5-16(12(11)2)24-10-13(8-18(24)25)19(26)23-20-22-15-7-6-14(21)9-17(15)27-20/h3-7,9,13H,8,10H2,1-2H3,(H,22,23,26). The van der Waals surface area contributed by atoms with Gasteiger partial charge in [-0.15, -0.1) is 0 Å². The summed E-state index contributed by atoms with van der Waals surface area (Å²) in [5.74, 6) is -0.603. The van der Waals surface area contributed by atoms with Crippen molar-refractivity contribution in [3.05, 3.63) is 52.5 Å². The van der Waals surface area contributed by atoms with Crippen LogP contribution in [0.5, 0.6) is 0 Å². The maximum absolute atomic E-state index is 12.7. The van der Waals surface area contributed by atoms with Gasteiger partial charge < -0.3 is 10.2 Å². The van der Waals surface area contributed by atoms with Crippen LogP contribution in [-0.4, -0.2) is 23.3 Å². The predicted molar refractivity (Wildman–Crippen MR) is 110 cm³/mol. The molecule has 0 aliphatic carbocycles. The molecule has 1 saturated heterocycles. The highest BCUT2D eigenvalue weighted by Crippen LogP contribution is 2.32. The fourth-order valence-electron chi connectivity index (χ4n) is 3.30. The molecule has 4 rings (SSSR count). The van der Waals surface area contributed by atoms with Crippen molar-refractivity contribution < 1.29 is 9.59 Å². The molecule has 3 aromatic rings. The number of aromatic nitrogens is 1. The molecule has 1 atom stereocenters. The van der Waals surface area contributed by atoms with Crippen molar-refractivity contribution in [1.29, 1.82) is 0 Å². The summed E-state index contributed by atoms with van der Waals surface area (Å²) in [5, 5.41) is 4.01. The van der Waals surface area contributed by atoms with E-state index in [1.807, 2.05) is 44.2 Å². The molecule has 7 heteroatoms. The van der Waals surface area contributed by atoms with Crippen molar-refractivity contribution in [3.8, 4) is 0 Å². The average molecular weight is 400 g/mol. The lowest BCUT2D eigenvalue weighted by Crippen LogP contribution is -2.28. The monoisotopic (exact) mass is 399 g/mol. The summed E-state index contributed by atoms with van der Waals surface area (Å²) >= 11 is 7.37. The number of carbonyl (C=O) groups excluding carboxylic acids is 2. The van der Waals surface area contributed by atoms with Crippen molar-refractivity contribution in [2.75, 3.05) is 16.8 Å². The molecule has 1 aliphatic rings. The number of hydrogen-bond donors (Lipinski definition) is 1. The minimum atomic E-state index is -0.395. The second kappa shape index (κ2) is 6.94. The molecule has 1 N–H and O–H groups in total. The molecule has 1 fully saturated rings. The van der Waals surface area contributed by atoms with Gasteiger partial charge in [-0.2, -0.15) is 0 Å². The fraction of sp³-hybridized carbons (Fsp3) is 0.250. The fourth-order valence-corrected chi connectivity index (χ4v) is 4.45. The van der Waals surface area contributed by atoms with Gasteiger partial charge in [-0.1, -0.05) is 35.1 Å². The van der Waals surface area contributed by atoms with E-state index in [1.165, 1.54) is 11.3 Å². The first-order valence-electron chi connectivity index (χ1n) is 8.66. The van der Waals surface area contributed by atoms with Crippen LogP contribution in [0.3, 0.4) is 0 Å². The Bertz CT molecular complexity index is 1060. The summed E-state index contributed by atoms with van der Waals surface area (Å²) in [6.45, 7) is 4.40. The molecular weight excluding hydrogens is 382 g/mol. The quantitative estimate of drug-likeness (QED) is 0.702. The molecule has 0 bridgehead atoms. The maximum Gasteiger partial charge on any atom is 0.231 e. The van der Waals surface area contributed by atoms with Crippen LogP contribution in [0.1, 0.15) is 17.5 Å². The van der Waals surface area contributed by atoms with Crippen molar-refractivity contribution in [3.63, 3.8) is 0 Å². The second-order valence-electron chi connectivity index (χ2n) is 6.74. The number of rotatable bonds is 3. The Morgan fingerprint density at radius 1 is 1.30 bits per heavy atom.